The van der Waals surface area contributed by atoms with Gasteiger partial charge < -0.3 is 4.79 Å². The number of rotatable bonds is 3. The molecule has 1 aliphatic carbocycles. The fourth-order valence-electron chi connectivity index (χ4n) is 2.06. The summed E-state index contributed by atoms with van der Waals surface area (Å²) in [5, 5.41) is 0. The van der Waals surface area contributed by atoms with Crippen LogP contribution in [0.2, 0.25) is 0 Å². The Balaban J connectivity index is 2.60. The third kappa shape index (κ3) is 2.71. The van der Waals surface area contributed by atoms with Crippen molar-refractivity contribution in [1.82, 2.24) is 0 Å². The highest BCUT2D eigenvalue weighted by Gasteiger charge is 2.44. The molecule has 1 rings (SSSR count). The van der Waals surface area contributed by atoms with Gasteiger partial charge in [0.2, 0.25) is 0 Å². The van der Waals surface area contributed by atoms with Crippen LogP contribution in [0, 0.1) is 11.8 Å². The number of halogens is 3. The standard InChI is InChI=1S/C9H13F3O/c10-9(11,12)8(5-6-13)7-3-1-2-4-7/h6-8H,1-5H2. The van der Waals surface area contributed by atoms with E-state index in [1.54, 1.807) is 0 Å². The first-order valence-corrected chi connectivity index (χ1v) is 4.56. The first-order valence-electron chi connectivity index (χ1n) is 4.56. The summed E-state index contributed by atoms with van der Waals surface area (Å²) in [4.78, 5) is 10.1. The molecular formula is C9H13F3O. The minimum absolute atomic E-state index is 0.315. The second-order valence-electron chi connectivity index (χ2n) is 3.60. The number of hydrogen-bond donors (Lipinski definition) is 0. The van der Waals surface area contributed by atoms with Crippen LogP contribution in [0.25, 0.3) is 0 Å². The average molecular weight is 194 g/mol. The van der Waals surface area contributed by atoms with E-state index in [4.69, 9.17) is 0 Å². The van der Waals surface area contributed by atoms with Crippen molar-refractivity contribution >= 4 is 6.29 Å². The van der Waals surface area contributed by atoms with Crippen LogP contribution >= 0.6 is 0 Å². The number of alkyl halides is 3. The molecule has 0 saturated heterocycles. The van der Waals surface area contributed by atoms with Crippen molar-refractivity contribution in [2.75, 3.05) is 0 Å². The summed E-state index contributed by atoms with van der Waals surface area (Å²) in [7, 11) is 0. The largest absolute Gasteiger partial charge is 0.392 e. The van der Waals surface area contributed by atoms with Crippen molar-refractivity contribution in [3.63, 3.8) is 0 Å². The van der Waals surface area contributed by atoms with Gasteiger partial charge in [0.05, 0.1) is 5.92 Å². The molecule has 1 nitrogen and oxygen atoms in total. The fraction of sp³-hybridized carbons (Fsp3) is 0.889. The molecule has 0 radical (unpaired) electrons. The molecule has 0 spiro atoms. The molecule has 4 heteroatoms. The van der Waals surface area contributed by atoms with Crippen molar-refractivity contribution < 1.29 is 18.0 Å². The van der Waals surface area contributed by atoms with E-state index in [1.807, 2.05) is 0 Å². The Morgan fingerprint density at radius 2 is 1.85 bits per heavy atom. The molecule has 0 N–H and O–H groups in total. The van der Waals surface area contributed by atoms with E-state index in [-0.39, 0.29) is 12.3 Å². The summed E-state index contributed by atoms with van der Waals surface area (Å²) in [5.74, 6) is -1.71. The van der Waals surface area contributed by atoms with E-state index in [2.05, 4.69) is 0 Å². The third-order valence-electron chi connectivity index (χ3n) is 2.74. The van der Waals surface area contributed by atoms with Gasteiger partial charge in [-0.1, -0.05) is 12.8 Å². The predicted octanol–water partition coefficient (Wildman–Crippen LogP) is 2.94. The summed E-state index contributed by atoms with van der Waals surface area (Å²) in [6.07, 6.45) is -1.19. The van der Waals surface area contributed by atoms with Gasteiger partial charge >= 0.3 is 6.18 Å². The summed E-state index contributed by atoms with van der Waals surface area (Å²) in [6.45, 7) is 0. The molecule has 1 aliphatic rings. The number of carbonyl (C=O) groups is 1. The molecule has 1 atom stereocenters. The second kappa shape index (κ2) is 4.11. The van der Waals surface area contributed by atoms with Crippen molar-refractivity contribution in [3.8, 4) is 0 Å². The predicted molar refractivity (Wildman–Crippen MR) is 42.2 cm³/mol. The molecule has 0 aromatic rings. The lowest BCUT2D eigenvalue weighted by molar-refractivity contribution is -0.189. The van der Waals surface area contributed by atoms with Crippen LogP contribution in [0.5, 0.6) is 0 Å². The van der Waals surface area contributed by atoms with Crippen LogP contribution in [0.15, 0.2) is 0 Å². The number of aldehydes is 1. The van der Waals surface area contributed by atoms with Gasteiger partial charge in [-0.3, -0.25) is 0 Å². The third-order valence-corrected chi connectivity index (χ3v) is 2.74. The van der Waals surface area contributed by atoms with Crippen molar-refractivity contribution in [2.45, 2.75) is 38.3 Å². The van der Waals surface area contributed by atoms with E-state index >= 15 is 0 Å². The normalized spacial score (nSPS) is 21.8. The van der Waals surface area contributed by atoms with Crippen molar-refractivity contribution in [1.29, 1.82) is 0 Å². The monoisotopic (exact) mass is 194 g/mol. The van der Waals surface area contributed by atoms with E-state index in [9.17, 15) is 18.0 Å². The maximum Gasteiger partial charge on any atom is 0.392 e. The van der Waals surface area contributed by atoms with Gasteiger partial charge in [-0.2, -0.15) is 13.2 Å². The lowest BCUT2D eigenvalue weighted by Gasteiger charge is -2.23. The topological polar surface area (TPSA) is 17.1 Å². The SMILES string of the molecule is O=CCC(C1CCCC1)C(F)(F)F. The maximum atomic E-state index is 12.4. The molecular weight excluding hydrogens is 181 g/mol. The van der Waals surface area contributed by atoms with Crippen LogP contribution in [0.1, 0.15) is 32.1 Å². The molecule has 1 unspecified atom stereocenters. The Morgan fingerprint density at radius 1 is 1.31 bits per heavy atom. The zero-order valence-electron chi connectivity index (χ0n) is 7.31. The van der Waals surface area contributed by atoms with Gasteiger partial charge in [0.15, 0.2) is 0 Å². The molecule has 0 bridgehead atoms. The van der Waals surface area contributed by atoms with Crippen LogP contribution in [-0.2, 0) is 4.79 Å². The van der Waals surface area contributed by atoms with Crippen molar-refractivity contribution in [2.24, 2.45) is 11.8 Å². The smallest absolute Gasteiger partial charge is 0.303 e. The molecule has 1 fully saturated rings. The molecule has 0 amide bonds. The van der Waals surface area contributed by atoms with Gasteiger partial charge in [0.1, 0.15) is 6.29 Å². The Bertz CT molecular complexity index is 170. The minimum Gasteiger partial charge on any atom is -0.303 e. The first kappa shape index (κ1) is 10.5. The van der Waals surface area contributed by atoms with E-state index in [0.717, 1.165) is 12.8 Å². The fourth-order valence-corrected chi connectivity index (χ4v) is 2.06. The highest BCUT2D eigenvalue weighted by atomic mass is 19.4. The summed E-state index contributed by atoms with van der Waals surface area (Å²) in [6, 6.07) is 0. The van der Waals surface area contributed by atoms with Gasteiger partial charge in [0.25, 0.3) is 0 Å². The Hall–Kier alpha value is -0.540. The zero-order chi connectivity index (χ0) is 9.90. The van der Waals surface area contributed by atoms with Gasteiger partial charge in [0, 0.05) is 6.42 Å². The minimum atomic E-state index is -4.20. The van der Waals surface area contributed by atoms with Crippen LogP contribution in [0.4, 0.5) is 13.2 Å². The highest BCUT2D eigenvalue weighted by molar-refractivity contribution is 5.50. The molecule has 13 heavy (non-hydrogen) atoms. The van der Waals surface area contributed by atoms with Gasteiger partial charge in [-0.15, -0.1) is 0 Å². The van der Waals surface area contributed by atoms with E-state index < -0.39 is 12.1 Å². The van der Waals surface area contributed by atoms with Gasteiger partial charge in [-0.25, -0.2) is 0 Å². The maximum absolute atomic E-state index is 12.4. The van der Waals surface area contributed by atoms with E-state index in [1.165, 1.54) is 0 Å². The lowest BCUT2D eigenvalue weighted by atomic mass is 9.88. The molecule has 0 aromatic carbocycles. The molecule has 0 heterocycles. The molecule has 76 valence electrons. The summed E-state index contributed by atoms with van der Waals surface area (Å²) in [5.41, 5.74) is 0. The average Bonchev–Trinajstić information content (AvgIpc) is 2.49. The number of hydrogen-bond acceptors (Lipinski definition) is 1. The zero-order valence-corrected chi connectivity index (χ0v) is 7.31. The van der Waals surface area contributed by atoms with Gasteiger partial charge in [-0.05, 0) is 18.8 Å². The Morgan fingerprint density at radius 3 is 2.23 bits per heavy atom. The molecule has 1 saturated carbocycles. The summed E-state index contributed by atoms with van der Waals surface area (Å²) >= 11 is 0. The quantitative estimate of drug-likeness (QED) is 0.631. The number of carbonyl (C=O) groups excluding carboxylic acids is 1. The van der Waals surface area contributed by atoms with Crippen LogP contribution in [0.3, 0.4) is 0 Å². The van der Waals surface area contributed by atoms with Crippen LogP contribution in [-0.4, -0.2) is 12.5 Å². The lowest BCUT2D eigenvalue weighted by Crippen LogP contribution is -2.29. The highest BCUT2D eigenvalue weighted by Crippen LogP contribution is 2.41. The van der Waals surface area contributed by atoms with Crippen molar-refractivity contribution in [3.05, 3.63) is 0 Å². The molecule has 0 aromatic heterocycles. The second-order valence-corrected chi connectivity index (χ2v) is 3.60. The first-order chi connectivity index (χ1) is 6.05. The summed E-state index contributed by atoms with van der Waals surface area (Å²) < 4.78 is 37.2. The molecule has 0 aliphatic heterocycles. The van der Waals surface area contributed by atoms with E-state index in [0.29, 0.717) is 19.1 Å². The Labute approximate surface area is 75.3 Å². The Kier molecular flexibility index (Phi) is 3.33. The van der Waals surface area contributed by atoms with Crippen LogP contribution < -0.4 is 0 Å².